The average Bonchev–Trinajstić information content (AvgIpc) is 2.42. The molecule has 0 aromatic heterocycles. The van der Waals surface area contributed by atoms with E-state index in [1.165, 1.54) is 6.07 Å². The highest BCUT2D eigenvalue weighted by molar-refractivity contribution is 5.94. The van der Waals surface area contributed by atoms with Gasteiger partial charge in [0.25, 0.3) is 0 Å². The Morgan fingerprint density at radius 2 is 1.90 bits per heavy atom. The molecule has 1 saturated carbocycles. The standard InChI is InChI=1S/C17H16FNO2/c18-13-5-3-4-11(8-13)12-9-14(10-12)19-16-7-2-1-6-15(16)17(20)21/h1-8,12,14,19H,9-10H2,(H,20,21). The van der Waals surface area contributed by atoms with Crippen molar-refractivity contribution in [2.24, 2.45) is 0 Å². The maximum absolute atomic E-state index is 13.2. The van der Waals surface area contributed by atoms with Crippen molar-refractivity contribution < 1.29 is 14.3 Å². The lowest BCUT2D eigenvalue weighted by Crippen LogP contribution is -2.34. The van der Waals surface area contributed by atoms with E-state index in [0.717, 1.165) is 18.4 Å². The van der Waals surface area contributed by atoms with E-state index in [1.54, 1.807) is 30.3 Å². The SMILES string of the molecule is O=C(O)c1ccccc1NC1CC(c2cccc(F)c2)C1. The van der Waals surface area contributed by atoms with Gasteiger partial charge in [0, 0.05) is 11.7 Å². The Bertz CT molecular complexity index is 665. The van der Waals surface area contributed by atoms with E-state index in [1.807, 2.05) is 12.1 Å². The number of aromatic carboxylic acids is 1. The van der Waals surface area contributed by atoms with Crippen LogP contribution < -0.4 is 5.32 Å². The maximum Gasteiger partial charge on any atom is 0.337 e. The molecule has 0 heterocycles. The second-order valence-corrected chi connectivity index (χ2v) is 5.42. The first-order chi connectivity index (χ1) is 10.1. The molecule has 1 fully saturated rings. The van der Waals surface area contributed by atoms with Gasteiger partial charge >= 0.3 is 5.97 Å². The summed E-state index contributed by atoms with van der Waals surface area (Å²) in [6, 6.07) is 13.8. The highest BCUT2D eigenvalue weighted by atomic mass is 19.1. The van der Waals surface area contributed by atoms with Gasteiger partial charge in [0.1, 0.15) is 5.82 Å². The zero-order valence-corrected chi connectivity index (χ0v) is 11.4. The van der Waals surface area contributed by atoms with Gasteiger partial charge in [-0.25, -0.2) is 9.18 Å². The van der Waals surface area contributed by atoms with Crippen LogP contribution in [-0.4, -0.2) is 17.1 Å². The summed E-state index contributed by atoms with van der Waals surface area (Å²) < 4.78 is 13.2. The average molecular weight is 285 g/mol. The molecule has 0 aliphatic heterocycles. The molecule has 1 aliphatic carbocycles. The molecule has 0 saturated heterocycles. The summed E-state index contributed by atoms with van der Waals surface area (Å²) >= 11 is 0. The molecule has 0 bridgehead atoms. The van der Waals surface area contributed by atoms with Crippen LogP contribution in [0.2, 0.25) is 0 Å². The summed E-state index contributed by atoms with van der Waals surface area (Å²) in [4.78, 5) is 11.2. The van der Waals surface area contributed by atoms with E-state index in [9.17, 15) is 9.18 Å². The van der Waals surface area contributed by atoms with E-state index >= 15 is 0 Å². The third kappa shape index (κ3) is 2.89. The van der Waals surface area contributed by atoms with E-state index in [2.05, 4.69) is 5.32 Å². The lowest BCUT2D eigenvalue weighted by atomic mass is 9.75. The van der Waals surface area contributed by atoms with Gasteiger partial charge < -0.3 is 10.4 Å². The number of hydrogen-bond donors (Lipinski definition) is 2. The third-order valence-electron chi connectivity index (χ3n) is 3.98. The normalized spacial score (nSPS) is 20.6. The number of anilines is 1. The van der Waals surface area contributed by atoms with Crippen molar-refractivity contribution in [2.45, 2.75) is 24.8 Å². The molecule has 108 valence electrons. The first-order valence-electron chi connectivity index (χ1n) is 6.98. The van der Waals surface area contributed by atoms with Crippen molar-refractivity contribution >= 4 is 11.7 Å². The van der Waals surface area contributed by atoms with Crippen molar-refractivity contribution in [2.75, 3.05) is 5.32 Å². The highest BCUT2D eigenvalue weighted by Gasteiger charge is 2.31. The molecule has 21 heavy (non-hydrogen) atoms. The summed E-state index contributed by atoms with van der Waals surface area (Å²) in [6.45, 7) is 0. The van der Waals surface area contributed by atoms with E-state index in [0.29, 0.717) is 11.6 Å². The molecule has 1 aliphatic rings. The van der Waals surface area contributed by atoms with Gasteiger partial charge in [0.2, 0.25) is 0 Å². The van der Waals surface area contributed by atoms with Crippen molar-refractivity contribution in [1.82, 2.24) is 0 Å². The summed E-state index contributed by atoms with van der Waals surface area (Å²) in [7, 11) is 0. The number of hydrogen-bond acceptors (Lipinski definition) is 2. The zero-order valence-electron chi connectivity index (χ0n) is 11.4. The first kappa shape index (κ1) is 13.6. The van der Waals surface area contributed by atoms with Gasteiger partial charge in [-0.2, -0.15) is 0 Å². The molecule has 0 amide bonds. The van der Waals surface area contributed by atoms with E-state index in [4.69, 9.17) is 5.11 Å². The Hall–Kier alpha value is -2.36. The second kappa shape index (κ2) is 5.56. The molecular formula is C17H16FNO2. The number of para-hydroxylation sites is 1. The third-order valence-corrected chi connectivity index (χ3v) is 3.98. The second-order valence-electron chi connectivity index (χ2n) is 5.42. The molecule has 3 nitrogen and oxygen atoms in total. The van der Waals surface area contributed by atoms with Gasteiger partial charge in [0.05, 0.1) is 5.56 Å². The Labute approximate surface area is 122 Å². The summed E-state index contributed by atoms with van der Waals surface area (Å²) in [6.07, 6.45) is 1.77. The Morgan fingerprint density at radius 3 is 2.62 bits per heavy atom. The highest BCUT2D eigenvalue weighted by Crippen LogP contribution is 2.39. The van der Waals surface area contributed by atoms with Crippen LogP contribution in [0.25, 0.3) is 0 Å². The van der Waals surface area contributed by atoms with Gasteiger partial charge in [-0.3, -0.25) is 0 Å². The van der Waals surface area contributed by atoms with Crippen LogP contribution in [0, 0.1) is 5.82 Å². The minimum atomic E-state index is -0.931. The van der Waals surface area contributed by atoms with Gasteiger partial charge in [-0.15, -0.1) is 0 Å². The molecular weight excluding hydrogens is 269 g/mol. The van der Waals surface area contributed by atoms with Crippen LogP contribution in [0.1, 0.15) is 34.7 Å². The predicted octanol–water partition coefficient (Wildman–Crippen LogP) is 3.88. The van der Waals surface area contributed by atoms with Crippen LogP contribution in [0.3, 0.4) is 0 Å². The van der Waals surface area contributed by atoms with Crippen molar-refractivity contribution in [3.05, 3.63) is 65.5 Å². The molecule has 2 aromatic carbocycles. The number of carboxylic acid groups (broad SMARTS) is 1. The van der Waals surface area contributed by atoms with Crippen LogP contribution in [0.4, 0.5) is 10.1 Å². The summed E-state index contributed by atoms with van der Waals surface area (Å²) in [5.41, 5.74) is 1.94. The minimum Gasteiger partial charge on any atom is -0.478 e. The first-order valence-corrected chi connectivity index (χ1v) is 6.98. The molecule has 2 aromatic rings. The quantitative estimate of drug-likeness (QED) is 0.896. The molecule has 4 heteroatoms. The fraction of sp³-hybridized carbons (Fsp3) is 0.235. The molecule has 0 atom stereocenters. The Kier molecular flexibility index (Phi) is 3.60. The minimum absolute atomic E-state index is 0.208. The lowest BCUT2D eigenvalue weighted by Gasteiger charge is -2.37. The molecule has 2 N–H and O–H groups in total. The molecule has 0 spiro atoms. The van der Waals surface area contributed by atoms with Crippen molar-refractivity contribution in [3.63, 3.8) is 0 Å². The van der Waals surface area contributed by atoms with E-state index < -0.39 is 5.97 Å². The van der Waals surface area contributed by atoms with Crippen LogP contribution in [0.15, 0.2) is 48.5 Å². The monoisotopic (exact) mass is 285 g/mol. The predicted molar refractivity (Wildman–Crippen MR) is 79.2 cm³/mol. The molecule has 0 radical (unpaired) electrons. The number of halogens is 1. The fourth-order valence-electron chi connectivity index (χ4n) is 2.78. The number of nitrogens with one attached hydrogen (secondary N) is 1. The zero-order chi connectivity index (χ0) is 14.8. The van der Waals surface area contributed by atoms with Crippen LogP contribution in [0.5, 0.6) is 0 Å². The van der Waals surface area contributed by atoms with Crippen LogP contribution >= 0.6 is 0 Å². The molecule has 0 unspecified atom stereocenters. The largest absolute Gasteiger partial charge is 0.478 e. The number of carboxylic acids is 1. The van der Waals surface area contributed by atoms with Crippen molar-refractivity contribution in [1.29, 1.82) is 0 Å². The lowest BCUT2D eigenvalue weighted by molar-refractivity contribution is 0.0698. The Morgan fingerprint density at radius 1 is 1.14 bits per heavy atom. The Balaban J connectivity index is 1.64. The topological polar surface area (TPSA) is 49.3 Å². The number of rotatable bonds is 4. The smallest absolute Gasteiger partial charge is 0.337 e. The number of benzene rings is 2. The van der Waals surface area contributed by atoms with Gasteiger partial charge in [0.15, 0.2) is 0 Å². The molecule has 3 rings (SSSR count). The van der Waals surface area contributed by atoms with Crippen molar-refractivity contribution in [3.8, 4) is 0 Å². The van der Waals surface area contributed by atoms with E-state index in [-0.39, 0.29) is 17.4 Å². The van der Waals surface area contributed by atoms with Gasteiger partial charge in [-0.05, 0) is 48.6 Å². The summed E-state index contributed by atoms with van der Waals surface area (Å²) in [5.74, 6) is -0.797. The number of carbonyl (C=O) groups is 1. The maximum atomic E-state index is 13.2. The summed E-state index contributed by atoms with van der Waals surface area (Å²) in [5, 5.41) is 12.4. The van der Waals surface area contributed by atoms with Crippen LogP contribution in [-0.2, 0) is 0 Å². The van der Waals surface area contributed by atoms with Gasteiger partial charge in [-0.1, -0.05) is 24.3 Å². The fourth-order valence-corrected chi connectivity index (χ4v) is 2.78.